The molecule has 1 rings (SSSR count). The first kappa shape index (κ1) is 21.1. The minimum atomic E-state index is -2.51. The number of carbonyl (C=O) groups excluding carboxylic acids is 1. The van der Waals surface area contributed by atoms with E-state index in [1.165, 1.54) is 0 Å². The number of hydrogen-bond donors (Lipinski definition) is 0. The van der Waals surface area contributed by atoms with Crippen molar-refractivity contribution in [2.75, 3.05) is 13.2 Å². The predicted molar refractivity (Wildman–Crippen MR) is 97.7 cm³/mol. The van der Waals surface area contributed by atoms with E-state index in [1.54, 1.807) is 12.1 Å². The fraction of sp³-hybridized carbons (Fsp3) is 0.588. The zero-order valence-corrected chi connectivity index (χ0v) is 17.0. The highest BCUT2D eigenvalue weighted by Gasteiger charge is 2.14. The van der Waals surface area contributed by atoms with Crippen LogP contribution in [0.5, 0.6) is 5.75 Å². The van der Waals surface area contributed by atoms with Crippen molar-refractivity contribution in [2.45, 2.75) is 51.4 Å². The molecule has 0 N–H and O–H groups in total. The molecule has 3 nitrogen and oxygen atoms in total. The Morgan fingerprint density at radius 1 is 1.29 bits per heavy atom. The molecule has 0 radical (unpaired) electrons. The molecule has 1 aromatic carbocycles. The van der Waals surface area contributed by atoms with Crippen LogP contribution in [0.2, 0.25) is 25.7 Å². The van der Waals surface area contributed by atoms with Gasteiger partial charge in [-0.05, 0) is 42.6 Å². The molecule has 0 aliphatic rings. The van der Waals surface area contributed by atoms with Gasteiger partial charge in [-0.1, -0.05) is 35.6 Å². The summed E-state index contributed by atoms with van der Waals surface area (Å²) in [6.07, 6.45) is -1.04. The molecular formula is C17H25BrF2O3Si. The predicted octanol–water partition coefficient (Wildman–Crippen LogP) is 5.30. The van der Waals surface area contributed by atoms with E-state index in [1.807, 2.05) is 6.07 Å². The van der Waals surface area contributed by atoms with E-state index in [0.29, 0.717) is 31.6 Å². The van der Waals surface area contributed by atoms with Crippen LogP contribution in [0.4, 0.5) is 8.78 Å². The topological polar surface area (TPSA) is 35.5 Å². The van der Waals surface area contributed by atoms with E-state index in [9.17, 15) is 13.6 Å². The normalized spacial score (nSPS) is 11.6. The molecular weight excluding hydrogens is 398 g/mol. The van der Waals surface area contributed by atoms with Gasteiger partial charge in [0, 0.05) is 19.0 Å². The fourth-order valence-electron chi connectivity index (χ4n) is 2.00. The molecule has 24 heavy (non-hydrogen) atoms. The summed E-state index contributed by atoms with van der Waals surface area (Å²) in [6, 6.07) is 6.19. The summed E-state index contributed by atoms with van der Waals surface area (Å²) in [6.45, 7) is 6.54. The third-order valence-corrected chi connectivity index (χ3v) is 5.53. The summed E-state index contributed by atoms with van der Waals surface area (Å²) in [5, 5.41) is 0. The summed E-state index contributed by atoms with van der Waals surface area (Å²) in [7, 11) is -1.20. The van der Waals surface area contributed by atoms with Crippen LogP contribution in [0.25, 0.3) is 0 Å². The number of alkyl halides is 2. The lowest BCUT2D eigenvalue weighted by Gasteiger charge is -2.15. The van der Waals surface area contributed by atoms with Gasteiger partial charge in [0.2, 0.25) is 0 Å². The van der Waals surface area contributed by atoms with E-state index < -0.39 is 21.1 Å². The van der Waals surface area contributed by atoms with Crippen LogP contribution in [-0.2, 0) is 16.0 Å². The van der Waals surface area contributed by atoms with Gasteiger partial charge in [0.15, 0.2) is 0 Å². The van der Waals surface area contributed by atoms with Crippen LogP contribution < -0.4 is 4.74 Å². The Morgan fingerprint density at radius 2 is 2.00 bits per heavy atom. The third kappa shape index (κ3) is 9.37. The number of aryl methyl sites for hydroxylation is 1. The summed E-state index contributed by atoms with van der Waals surface area (Å²) in [5.74, 6) is 0.226. The second kappa shape index (κ2) is 10.1. The van der Waals surface area contributed by atoms with Crippen molar-refractivity contribution in [1.82, 2.24) is 0 Å². The van der Waals surface area contributed by atoms with Crippen LogP contribution in [0, 0.1) is 0 Å². The van der Waals surface area contributed by atoms with Crippen molar-refractivity contribution in [1.29, 1.82) is 0 Å². The first-order valence-corrected chi connectivity index (χ1v) is 12.5. The number of halogens is 3. The second-order valence-corrected chi connectivity index (χ2v) is 13.4. The highest BCUT2D eigenvalue weighted by Crippen LogP contribution is 2.25. The zero-order chi connectivity index (χ0) is 18.2. The smallest absolute Gasteiger partial charge is 0.305 e. The highest BCUT2D eigenvalue weighted by atomic mass is 79.9. The van der Waals surface area contributed by atoms with Gasteiger partial charge in [-0.3, -0.25) is 4.79 Å². The SMILES string of the molecule is C[Si](C)(C)CCOC(=O)CCCc1cc(Br)ccc1OCC(F)F. The Hall–Kier alpha value is -0.953. The molecule has 0 aliphatic carbocycles. The molecule has 1 aromatic rings. The molecule has 0 unspecified atom stereocenters. The Labute approximate surface area is 151 Å². The molecule has 0 spiro atoms. The Bertz CT molecular complexity index is 533. The van der Waals surface area contributed by atoms with Crippen molar-refractivity contribution >= 4 is 30.0 Å². The molecule has 136 valence electrons. The van der Waals surface area contributed by atoms with Crippen molar-refractivity contribution in [2.24, 2.45) is 0 Å². The van der Waals surface area contributed by atoms with E-state index in [0.717, 1.165) is 16.1 Å². The minimum Gasteiger partial charge on any atom is -0.487 e. The molecule has 0 aliphatic heterocycles. The maximum atomic E-state index is 12.3. The van der Waals surface area contributed by atoms with Gasteiger partial charge in [0.05, 0.1) is 6.61 Å². The van der Waals surface area contributed by atoms with Gasteiger partial charge in [-0.2, -0.15) is 0 Å². The Morgan fingerprint density at radius 3 is 2.62 bits per heavy atom. The zero-order valence-electron chi connectivity index (χ0n) is 14.4. The number of carbonyl (C=O) groups is 1. The molecule has 0 amide bonds. The first-order valence-electron chi connectivity index (χ1n) is 8.02. The van der Waals surface area contributed by atoms with Gasteiger partial charge < -0.3 is 9.47 Å². The molecule has 0 atom stereocenters. The quantitative estimate of drug-likeness (QED) is 0.379. The van der Waals surface area contributed by atoms with E-state index >= 15 is 0 Å². The van der Waals surface area contributed by atoms with Crippen LogP contribution in [-0.4, -0.2) is 33.7 Å². The van der Waals surface area contributed by atoms with Crippen molar-refractivity contribution < 1.29 is 23.0 Å². The molecule has 0 saturated carbocycles. The average molecular weight is 423 g/mol. The average Bonchev–Trinajstić information content (AvgIpc) is 2.44. The largest absolute Gasteiger partial charge is 0.487 e. The summed E-state index contributed by atoms with van der Waals surface area (Å²) >= 11 is 3.36. The first-order chi connectivity index (χ1) is 11.2. The molecule has 0 aromatic heterocycles. The van der Waals surface area contributed by atoms with Crippen LogP contribution in [0.1, 0.15) is 18.4 Å². The summed E-state index contributed by atoms with van der Waals surface area (Å²) < 4.78 is 35.8. The lowest BCUT2D eigenvalue weighted by Crippen LogP contribution is -2.22. The van der Waals surface area contributed by atoms with Crippen molar-refractivity contribution in [3.05, 3.63) is 28.2 Å². The number of hydrogen-bond acceptors (Lipinski definition) is 3. The standard InChI is InChI=1S/C17H25BrF2O3Si/c1-24(2,3)10-9-22-17(21)6-4-5-13-11-14(18)7-8-15(13)23-12-16(19)20/h7-8,11,16H,4-6,9-10,12H2,1-3H3. The maximum Gasteiger partial charge on any atom is 0.305 e. The Kier molecular flexibility index (Phi) is 8.90. The molecule has 0 saturated heterocycles. The molecule has 0 fully saturated rings. The second-order valence-electron chi connectivity index (χ2n) is 6.84. The number of esters is 1. The van der Waals surface area contributed by atoms with Crippen LogP contribution in [0.15, 0.2) is 22.7 Å². The van der Waals surface area contributed by atoms with Crippen molar-refractivity contribution in [3.8, 4) is 5.75 Å². The van der Waals surface area contributed by atoms with Gasteiger partial charge in [0.1, 0.15) is 12.4 Å². The summed E-state index contributed by atoms with van der Waals surface area (Å²) in [5.41, 5.74) is 0.805. The van der Waals surface area contributed by atoms with Crippen LogP contribution in [0.3, 0.4) is 0 Å². The van der Waals surface area contributed by atoms with E-state index in [-0.39, 0.29) is 5.97 Å². The van der Waals surface area contributed by atoms with Gasteiger partial charge in [-0.25, -0.2) is 8.78 Å². The molecule has 0 heterocycles. The van der Waals surface area contributed by atoms with Gasteiger partial charge >= 0.3 is 5.97 Å². The molecule has 7 heteroatoms. The maximum absolute atomic E-state index is 12.3. The fourth-order valence-corrected chi connectivity index (χ4v) is 3.13. The third-order valence-electron chi connectivity index (χ3n) is 3.33. The van der Waals surface area contributed by atoms with E-state index in [2.05, 4.69) is 35.6 Å². The van der Waals surface area contributed by atoms with Crippen molar-refractivity contribution in [3.63, 3.8) is 0 Å². The van der Waals surface area contributed by atoms with Gasteiger partial charge in [-0.15, -0.1) is 0 Å². The van der Waals surface area contributed by atoms with Crippen LogP contribution >= 0.6 is 15.9 Å². The lowest BCUT2D eigenvalue weighted by molar-refractivity contribution is -0.143. The highest BCUT2D eigenvalue weighted by molar-refractivity contribution is 9.10. The minimum absolute atomic E-state index is 0.210. The monoisotopic (exact) mass is 422 g/mol. The Balaban J connectivity index is 2.43. The lowest BCUT2D eigenvalue weighted by atomic mass is 10.1. The summed E-state index contributed by atoms with van der Waals surface area (Å²) in [4.78, 5) is 11.7. The van der Waals surface area contributed by atoms with Gasteiger partial charge in [0.25, 0.3) is 6.43 Å². The number of benzene rings is 1. The molecule has 0 bridgehead atoms. The number of rotatable bonds is 10. The number of ether oxygens (including phenoxy) is 2. The van der Waals surface area contributed by atoms with E-state index in [4.69, 9.17) is 9.47 Å².